The molecule has 2 atom stereocenters. The standard InChI is InChI=1S/C27H29N3O6/c1-3-35-24(15-16-25(32)30-21-12-8-7-11-20(21)28)26(18-13-14-23(34-2)22(31)17-18)36-27(33)29-19-9-5-4-6-10-19/h4-17,24,26,31H,3,28H2,1-2H3,(H,29,33)(H,30,32)/b16-15+/t24-,26-/m1/s1. The van der Waals surface area contributed by atoms with Gasteiger partial charge in [-0.15, -0.1) is 0 Å². The summed E-state index contributed by atoms with van der Waals surface area (Å²) in [4.78, 5) is 25.3. The van der Waals surface area contributed by atoms with Gasteiger partial charge in [0.25, 0.3) is 0 Å². The van der Waals surface area contributed by atoms with Gasteiger partial charge in [0.15, 0.2) is 17.6 Å². The molecule has 3 rings (SSSR count). The molecule has 0 spiro atoms. The number of amides is 2. The maximum absolute atomic E-state index is 12.7. The minimum Gasteiger partial charge on any atom is -0.504 e. The van der Waals surface area contributed by atoms with Crippen LogP contribution in [0.1, 0.15) is 18.6 Å². The molecule has 36 heavy (non-hydrogen) atoms. The number of carbonyl (C=O) groups excluding carboxylic acids is 2. The fraction of sp³-hybridized carbons (Fsp3) is 0.185. The maximum atomic E-state index is 12.7. The molecule has 9 nitrogen and oxygen atoms in total. The molecule has 0 heterocycles. The number of phenols is 1. The minimum absolute atomic E-state index is 0.136. The summed E-state index contributed by atoms with van der Waals surface area (Å²) in [6.07, 6.45) is 0.169. The van der Waals surface area contributed by atoms with Gasteiger partial charge in [0, 0.05) is 18.4 Å². The maximum Gasteiger partial charge on any atom is 0.412 e. The molecule has 3 aromatic rings. The largest absolute Gasteiger partial charge is 0.504 e. The van der Waals surface area contributed by atoms with Gasteiger partial charge in [-0.3, -0.25) is 10.1 Å². The summed E-state index contributed by atoms with van der Waals surface area (Å²) in [5.41, 5.74) is 7.76. The van der Waals surface area contributed by atoms with Crippen molar-refractivity contribution >= 4 is 29.1 Å². The van der Waals surface area contributed by atoms with Crippen molar-refractivity contribution in [3.05, 3.63) is 90.5 Å². The van der Waals surface area contributed by atoms with E-state index in [2.05, 4.69) is 10.6 Å². The lowest BCUT2D eigenvalue weighted by Crippen LogP contribution is -2.28. The summed E-state index contributed by atoms with van der Waals surface area (Å²) in [5.74, 6) is -0.319. The number of anilines is 3. The number of ether oxygens (including phenoxy) is 3. The first kappa shape index (κ1) is 26.1. The topological polar surface area (TPSA) is 132 Å². The van der Waals surface area contributed by atoms with Gasteiger partial charge in [0.1, 0.15) is 6.10 Å². The highest BCUT2D eigenvalue weighted by molar-refractivity contribution is 6.01. The number of phenolic OH excluding ortho intramolecular Hbond substituents is 1. The number of methoxy groups -OCH3 is 1. The van der Waals surface area contributed by atoms with Crippen LogP contribution in [0.5, 0.6) is 11.5 Å². The number of rotatable bonds is 10. The predicted molar refractivity (Wildman–Crippen MR) is 138 cm³/mol. The van der Waals surface area contributed by atoms with Gasteiger partial charge < -0.3 is 30.4 Å². The summed E-state index contributed by atoms with van der Waals surface area (Å²) in [6, 6.07) is 20.3. The van der Waals surface area contributed by atoms with E-state index >= 15 is 0 Å². The van der Waals surface area contributed by atoms with Crippen LogP contribution in [0.4, 0.5) is 21.9 Å². The highest BCUT2D eigenvalue weighted by Gasteiger charge is 2.27. The van der Waals surface area contributed by atoms with Crippen molar-refractivity contribution in [3.63, 3.8) is 0 Å². The van der Waals surface area contributed by atoms with Gasteiger partial charge >= 0.3 is 6.09 Å². The van der Waals surface area contributed by atoms with Crippen LogP contribution in [0.2, 0.25) is 0 Å². The molecule has 0 aliphatic carbocycles. The third kappa shape index (κ3) is 7.25. The molecule has 0 radical (unpaired) electrons. The Balaban J connectivity index is 1.86. The molecule has 0 saturated carbocycles. The summed E-state index contributed by atoms with van der Waals surface area (Å²) < 4.78 is 16.7. The van der Waals surface area contributed by atoms with E-state index in [1.54, 1.807) is 67.6 Å². The van der Waals surface area contributed by atoms with Crippen molar-refractivity contribution in [2.45, 2.75) is 19.1 Å². The Labute approximate surface area is 209 Å². The van der Waals surface area contributed by atoms with E-state index < -0.39 is 24.2 Å². The second-order valence-corrected chi connectivity index (χ2v) is 7.60. The van der Waals surface area contributed by atoms with Crippen LogP contribution in [-0.4, -0.2) is 36.9 Å². The van der Waals surface area contributed by atoms with Crippen molar-refractivity contribution in [3.8, 4) is 11.5 Å². The molecule has 9 heteroatoms. The number of carbonyl (C=O) groups is 2. The number of nitrogens with one attached hydrogen (secondary N) is 2. The van der Waals surface area contributed by atoms with Crippen LogP contribution in [-0.2, 0) is 14.3 Å². The average molecular weight is 492 g/mol. The van der Waals surface area contributed by atoms with Gasteiger partial charge in [0.05, 0.1) is 18.5 Å². The Kier molecular flexibility index (Phi) is 9.30. The summed E-state index contributed by atoms with van der Waals surface area (Å²) >= 11 is 0. The molecule has 3 aromatic carbocycles. The average Bonchev–Trinajstić information content (AvgIpc) is 2.87. The Hall–Kier alpha value is -4.50. The molecule has 188 valence electrons. The smallest absolute Gasteiger partial charge is 0.412 e. The zero-order valence-electron chi connectivity index (χ0n) is 20.0. The van der Waals surface area contributed by atoms with Gasteiger partial charge in [-0.1, -0.05) is 36.4 Å². The number of benzene rings is 3. The molecule has 0 unspecified atom stereocenters. The van der Waals surface area contributed by atoms with E-state index in [4.69, 9.17) is 19.9 Å². The highest BCUT2D eigenvalue weighted by Crippen LogP contribution is 2.33. The fourth-order valence-electron chi connectivity index (χ4n) is 3.40. The van der Waals surface area contributed by atoms with Crippen molar-refractivity contribution in [2.24, 2.45) is 0 Å². The van der Waals surface area contributed by atoms with Crippen molar-refractivity contribution < 1.29 is 28.9 Å². The molecular weight excluding hydrogens is 462 g/mol. The normalized spacial score (nSPS) is 12.5. The first-order valence-corrected chi connectivity index (χ1v) is 11.3. The van der Waals surface area contributed by atoms with E-state index in [0.717, 1.165) is 0 Å². The minimum atomic E-state index is -1.00. The van der Waals surface area contributed by atoms with E-state index in [1.165, 1.54) is 25.3 Å². The predicted octanol–water partition coefficient (Wildman–Crippen LogP) is 4.87. The quantitative estimate of drug-likeness (QED) is 0.235. The molecule has 0 aliphatic heterocycles. The van der Waals surface area contributed by atoms with Crippen LogP contribution in [0.25, 0.3) is 0 Å². The Morgan fingerprint density at radius 3 is 2.42 bits per heavy atom. The lowest BCUT2D eigenvalue weighted by molar-refractivity contribution is -0.112. The number of nitrogens with two attached hydrogens (primary N) is 1. The summed E-state index contributed by atoms with van der Waals surface area (Å²) in [7, 11) is 1.43. The Morgan fingerprint density at radius 2 is 1.75 bits per heavy atom. The first-order valence-electron chi connectivity index (χ1n) is 11.3. The van der Waals surface area contributed by atoms with E-state index in [9.17, 15) is 14.7 Å². The molecule has 2 amide bonds. The fourth-order valence-corrected chi connectivity index (χ4v) is 3.40. The Morgan fingerprint density at radius 1 is 1.03 bits per heavy atom. The van der Waals surface area contributed by atoms with E-state index in [0.29, 0.717) is 22.6 Å². The van der Waals surface area contributed by atoms with Crippen LogP contribution < -0.4 is 21.1 Å². The molecular formula is C27H29N3O6. The molecule has 0 fully saturated rings. The van der Waals surface area contributed by atoms with Crippen LogP contribution in [0.15, 0.2) is 84.9 Å². The molecule has 0 saturated heterocycles. The third-order valence-electron chi connectivity index (χ3n) is 5.10. The molecule has 0 aliphatic rings. The summed E-state index contributed by atoms with van der Waals surface area (Å²) in [6.45, 7) is 2.04. The van der Waals surface area contributed by atoms with Crippen molar-refractivity contribution in [2.75, 3.05) is 30.1 Å². The number of nitrogen functional groups attached to an aromatic ring is 1. The van der Waals surface area contributed by atoms with Crippen LogP contribution in [0, 0.1) is 0 Å². The first-order chi connectivity index (χ1) is 17.4. The number of para-hydroxylation sites is 3. The van der Waals surface area contributed by atoms with Gasteiger partial charge in [-0.25, -0.2) is 4.79 Å². The molecule has 0 aromatic heterocycles. The number of hydrogen-bond donors (Lipinski definition) is 4. The lowest BCUT2D eigenvalue weighted by Gasteiger charge is -2.25. The van der Waals surface area contributed by atoms with Gasteiger partial charge in [0.2, 0.25) is 5.91 Å². The monoisotopic (exact) mass is 491 g/mol. The zero-order valence-corrected chi connectivity index (χ0v) is 20.0. The number of aromatic hydroxyl groups is 1. The Bertz CT molecular complexity index is 1200. The molecule has 0 bridgehead atoms. The SMILES string of the molecule is CCO[C@H](/C=C/C(=O)Nc1ccccc1N)[C@H](OC(=O)Nc1ccccc1)c1ccc(OC)c(O)c1. The van der Waals surface area contributed by atoms with Gasteiger partial charge in [-0.05, 0) is 55.0 Å². The van der Waals surface area contributed by atoms with E-state index in [1.807, 2.05) is 6.07 Å². The number of hydrogen-bond acceptors (Lipinski definition) is 7. The summed E-state index contributed by atoms with van der Waals surface area (Å²) in [5, 5.41) is 15.7. The van der Waals surface area contributed by atoms with Crippen LogP contribution in [0.3, 0.4) is 0 Å². The van der Waals surface area contributed by atoms with Crippen molar-refractivity contribution in [1.82, 2.24) is 0 Å². The zero-order chi connectivity index (χ0) is 25.9. The van der Waals surface area contributed by atoms with E-state index in [-0.39, 0.29) is 18.1 Å². The lowest BCUT2D eigenvalue weighted by atomic mass is 10.0. The third-order valence-corrected chi connectivity index (χ3v) is 5.10. The highest BCUT2D eigenvalue weighted by atomic mass is 16.6. The van der Waals surface area contributed by atoms with Gasteiger partial charge in [-0.2, -0.15) is 0 Å². The molecule has 5 N–H and O–H groups in total. The van der Waals surface area contributed by atoms with Crippen LogP contribution >= 0.6 is 0 Å². The second kappa shape index (κ2) is 12.8. The van der Waals surface area contributed by atoms with Crippen molar-refractivity contribution in [1.29, 1.82) is 0 Å². The second-order valence-electron chi connectivity index (χ2n) is 7.60.